The molecule has 0 spiro atoms. The van der Waals surface area contributed by atoms with E-state index in [1.165, 1.54) is 0 Å². The first-order valence-electron chi connectivity index (χ1n) is 6.47. The molecule has 0 aromatic carbocycles. The Kier molecular flexibility index (Phi) is 4.13. The van der Waals surface area contributed by atoms with Crippen LogP contribution in [-0.4, -0.2) is 42.8 Å². The fourth-order valence-corrected chi connectivity index (χ4v) is 3.57. The van der Waals surface area contributed by atoms with Crippen molar-refractivity contribution >= 4 is 17.7 Å². The molecule has 0 saturated carbocycles. The van der Waals surface area contributed by atoms with Crippen LogP contribution < -0.4 is 0 Å². The first-order chi connectivity index (χ1) is 8.89. The number of thioether (sulfide) groups is 1. The standard InChI is InChI=1S/C12H20N4O2S/c1-12(2,3)9(6-10(17)18)16-11(13-14-15-16)8-4-5-19-7-8/h8-9H,4-7H2,1-3H3,(H,17,18). The van der Waals surface area contributed by atoms with Crippen LogP contribution in [0.15, 0.2) is 0 Å². The number of carboxylic acid groups (broad SMARTS) is 1. The fraction of sp³-hybridized carbons (Fsp3) is 0.833. The van der Waals surface area contributed by atoms with Gasteiger partial charge in [0.1, 0.15) is 0 Å². The maximum Gasteiger partial charge on any atom is 0.305 e. The van der Waals surface area contributed by atoms with Crippen LogP contribution in [0.5, 0.6) is 0 Å². The van der Waals surface area contributed by atoms with E-state index in [2.05, 4.69) is 15.5 Å². The van der Waals surface area contributed by atoms with Crippen LogP contribution >= 0.6 is 11.8 Å². The second kappa shape index (κ2) is 5.48. The Morgan fingerprint density at radius 1 is 1.58 bits per heavy atom. The average molecular weight is 284 g/mol. The Morgan fingerprint density at radius 3 is 2.84 bits per heavy atom. The molecule has 1 fully saturated rings. The molecule has 2 rings (SSSR count). The first-order valence-corrected chi connectivity index (χ1v) is 7.62. The van der Waals surface area contributed by atoms with Crippen molar-refractivity contribution < 1.29 is 9.90 Å². The third-order valence-corrected chi connectivity index (χ3v) is 4.64. The van der Waals surface area contributed by atoms with Crippen LogP contribution in [0.1, 0.15) is 51.4 Å². The van der Waals surface area contributed by atoms with Crippen LogP contribution in [0.3, 0.4) is 0 Å². The van der Waals surface area contributed by atoms with Gasteiger partial charge in [-0.1, -0.05) is 20.8 Å². The number of hydrogen-bond acceptors (Lipinski definition) is 5. The number of carbonyl (C=O) groups is 1. The topological polar surface area (TPSA) is 80.9 Å². The molecule has 1 aliphatic rings. The second-order valence-electron chi connectivity index (χ2n) is 6.02. The van der Waals surface area contributed by atoms with Crippen LogP contribution in [0.2, 0.25) is 0 Å². The van der Waals surface area contributed by atoms with Gasteiger partial charge >= 0.3 is 5.97 Å². The van der Waals surface area contributed by atoms with Gasteiger partial charge in [0, 0.05) is 11.7 Å². The normalized spacial score (nSPS) is 21.5. The van der Waals surface area contributed by atoms with E-state index in [-0.39, 0.29) is 17.9 Å². The Balaban J connectivity index is 2.31. The number of aliphatic carboxylic acids is 1. The SMILES string of the molecule is CC(C)(C)C(CC(=O)O)n1nnnc1C1CCSC1. The molecule has 0 radical (unpaired) electrons. The van der Waals surface area contributed by atoms with E-state index < -0.39 is 5.97 Å². The molecule has 1 aromatic rings. The minimum Gasteiger partial charge on any atom is -0.481 e. The lowest BCUT2D eigenvalue weighted by atomic mass is 9.84. The molecule has 2 atom stereocenters. The lowest BCUT2D eigenvalue weighted by Crippen LogP contribution is -2.30. The molecular weight excluding hydrogens is 264 g/mol. The summed E-state index contributed by atoms with van der Waals surface area (Å²) in [5.41, 5.74) is -0.200. The number of tetrazole rings is 1. The summed E-state index contributed by atoms with van der Waals surface area (Å²) in [7, 11) is 0. The molecular formula is C12H20N4O2S. The van der Waals surface area contributed by atoms with E-state index >= 15 is 0 Å². The largest absolute Gasteiger partial charge is 0.481 e. The minimum absolute atomic E-state index is 0.0431. The summed E-state index contributed by atoms with van der Waals surface area (Å²) >= 11 is 1.90. The number of carboxylic acids is 1. The van der Waals surface area contributed by atoms with Gasteiger partial charge in [-0.05, 0) is 28.0 Å². The van der Waals surface area contributed by atoms with Gasteiger partial charge < -0.3 is 5.11 Å². The molecule has 2 unspecified atom stereocenters. The molecule has 6 nitrogen and oxygen atoms in total. The Hall–Kier alpha value is -1.11. The molecule has 106 valence electrons. The molecule has 1 N–H and O–H groups in total. The van der Waals surface area contributed by atoms with Gasteiger partial charge in [-0.25, -0.2) is 4.68 Å². The van der Waals surface area contributed by atoms with Crippen LogP contribution in [-0.2, 0) is 4.79 Å². The van der Waals surface area contributed by atoms with Crippen molar-refractivity contribution in [3.8, 4) is 0 Å². The maximum atomic E-state index is 11.1. The molecule has 1 aromatic heterocycles. The number of nitrogens with zero attached hydrogens (tertiary/aromatic N) is 4. The van der Waals surface area contributed by atoms with Crippen LogP contribution in [0.4, 0.5) is 0 Å². The molecule has 2 heterocycles. The zero-order valence-electron chi connectivity index (χ0n) is 11.5. The van der Waals surface area contributed by atoms with E-state index in [0.29, 0.717) is 5.92 Å². The van der Waals surface area contributed by atoms with E-state index in [9.17, 15) is 4.79 Å². The van der Waals surface area contributed by atoms with Crippen molar-refractivity contribution in [1.29, 1.82) is 0 Å². The first kappa shape index (κ1) is 14.3. The summed E-state index contributed by atoms with van der Waals surface area (Å²) < 4.78 is 1.74. The lowest BCUT2D eigenvalue weighted by Gasteiger charge is -2.30. The number of aromatic nitrogens is 4. The zero-order chi connectivity index (χ0) is 14.0. The third-order valence-electron chi connectivity index (χ3n) is 3.48. The molecule has 0 aliphatic carbocycles. The Labute approximate surface area is 117 Å². The quantitative estimate of drug-likeness (QED) is 0.910. The Morgan fingerprint density at radius 2 is 2.32 bits per heavy atom. The van der Waals surface area contributed by atoms with Crippen molar-refractivity contribution in [3.05, 3.63) is 5.82 Å². The number of rotatable bonds is 4. The zero-order valence-corrected chi connectivity index (χ0v) is 12.4. The Bertz CT molecular complexity index is 449. The maximum absolute atomic E-state index is 11.1. The van der Waals surface area contributed by atoms with Gasteiger partial charge in [0.2, 0.25) is 0 Å². The van der Waals surface area contributed by atoms with Crippen LogP contribution in [0, 0.1) is 5.41 Å². The summed E-state index contributed by atoms with van der Waals surface area (Å²) in [4.78, 5) is 11.1. The van der Waals surface area contributed by atoms with Crippen molar-refractivity contribution in [2.45, 2.75) is 45.6 Å². The summed E-state index contributed by atoms with van der Waals surface area (Å²) in [5, 5.41) is 21.1. The van der Waals surface area contributed by atoms with E-state index in [0.717, 1.165) is 23.8 Å². The van der Waals surface area contributed by atoms with Gasteiger partial charge in [0.05, 0.1) is 12.5 Å². The third kappa shape index (κ3) is 3.26. The predicted molar refractivity (Wildman–Crippen MR) is 73.2 cm³/mol. The minimum atomic E-state index is -0.817. The van der Waals surface area contributed by atoms with Gasteiger partial charge in [-0.2, -0.15) is 11.8 Å². The molecule has 1 saturated heterocycles. The highest BCUT2D eigenvalue weighted by Gasteiger charge is 2.34. The van der Waals surface area contributed by atoms with Gasteiger partial charge in [-0.15, -0.1) is 5.10 Å². The van der Waals surface area contributed by atoms with Crippen molar-refractivity contribution in [3.63, 3.8) is 0 Å². The van der Waals surface area contributed by atoms with E-state index in [4.69, 9.17) is 5.11 Å². The van der Waals surface area contributed by atoms with Crippen molar-refractivity contribution in [2.75, 3.05) is 11.5 Å². The second-order valence-corrected chi connectivity index (χ2v) is 7.17. The van der Waals surface area contributed by atoms with Crippen molar-refractivity contribution in [1.82, 2.24) is 20.2 Å². The molecule has 0 amide bonds. The highest BCUT2D eigenvalue weighted by molar-refractivity contribution is 7.99. The molecule has 19 heavy (non-hydrogen) atoms. The highest BCUT2D eigenvalue weighted by atomic mass is 32.2. The van der Waals surface area contributed by atoms with Gasteiger partial charge in [-0.3, -0.25) is 4.79 Å². The van der Waals surface area contributed by atoms with E-state index in [1.54, 1.807) is 4.68 Å². The van der Waals surface area contributed by atoms with E-state index in [1.807, 2.05) is 32.5 Å². The van der Waals surface area contributed by atoms with Crippen molar-refractivity contribution in [2.24, 2.45) is 5.41 Å². The molecule has 0 bridgehead atoms. The molecule has 7 heteroatoms. The van der Waals surface area contributed by atoms with Gasteiger partial charge in [0.15, 0.2) is 5.82 Å². The predicted octanol–water partition coefficient (Wildman–Crippen LogP) is 1.96. The average Bonchev–Trinajstić information content (AvgIpc) is 2.94. The summed E-state index contributed by atoms with van der Waals surface area (Å²) in [6.07, 6.45) is 1.11. The summed E-state index contributed by atoms with van der Waals surface area (Å²) in [6, 6.07) is -0.222. The summed E-state index contributed by atoms with van der Waals surface area (Å²) in [5.74, 6) is 2.51. The van der Waals surface area contributed by atoms with Crippen LogP contribution in [0.25, 0.3) is 0 Å². The smallest absolute Gasteiger partial charge is 0.305 e. The number of hydrogen-bond donors (Lipinski definition) is 1. The molecule has 1 aliphatic heterocycles. The summed E-state index contributed by atoms with van der Waals surface area (Å²) in [6.45, 7) is 6.07. The monoisotopic (exact) mass is 284 g/mol. The fourth-order valence-electron chi connectivity index (χ4n) is 2.35. The highest BCUT2D eigenvalue weighted by Crippen LogP contribution is 2.37. The van der Waals surface area contributed by atoms with Gasteiger partial charge in [0.25, 0.3) is 0 Å². The lowest BCUT2D eigenvalue weighted by molar-refractivity contribution is -0.138.